The fourth-order valence-electron chi connectivity index (χ4n) is 1.25. The summed E-state index contributed by atoms with van der Waals surface area (Å²) in [4.78, 5) is 20.8. The number of hydrogen-bond donors (Lipinski definition) is 3. The van der Waals surface area contributed by atoms with Crippen molar-refractivity contribution in [2.75, 3.05) is 6.54 Å². The van der Waals surface area contributed by atoms with Crippen molar-refractivity contribution in [2.45, 2.75) is 25.0 Å². The monoisotopic (exact) mass is 188 g/mol. The van der Waals surface area contributed by atoms with Gasteiger partial charge in [-0.1, -0.05) is 0 Å². The highest BCUT2D eigenvalue weighted by molar-refractivity contribution is 5.73. The van der Waals surface area contributed by atoms with Crippen LogP contribution in [0, 0.1) is 0 Å². The number of hydrogen-bond acceptors (Lipinski definition) is 3. The Labute approximate surface area is 75.0 Å². The van der Waals surface area contributed by atoms with E-state index in [1.54, 1.807) is 0 Å². The third-order valence-corrected chi connectivity index (χ3v) is 1.89. The quantitative estimate of drug-likeness (QED) is 0.544. The Morgan fingerprint density at radius 3 is 2.69 bits per heavy atom. The maximum atomic E-state index is 10.4. The summed E-state index contributed by atoms with van der Waals surface area (Å²) in [6.07, 6.45) is 0.158. The van der Waals surface area contributed by atoms with Crippen molar-refractivity contribution in [3.05, 3.63) is 0 Å². The molecule has 6 nitrogen and oxygen atoms in total. The molecule has 0 radical (unpaired) electrons. The number of aliphatic carboxylic acids is 1. The van der Waals surface area contributed by atoms with Gasteiger partial charge in [0.1, 0.15) is 0 Å². The lowest BCUT2D eigenvalue weighted by Gasteiger charge is -2.10. The lowest BCUT2D eigenvalue weighted by molar-refractivity contribution is -0.149. The SMILES string of the molecule is NC(=O)NCC1CCC(C(=O)O)O1. The molecular formula is C7H12N2O4. The van der Waals surface area contributed by atoms with Gasteiger partial charge in [0, 0.05) is 6.54 Å². The number of primary amides is 1. The van der Waals surface area contributed by atoms with Gasteiger partial charge in [0.15, 0.2) is 6.10 Å². The minimum absolute atomic E-state index is 0.228. The molecule has 1 aliphatic heterocycles. The number of amides is 2. The molecule has 1 fully saturated rings. The molecule has 0 bridgehead atoms. The average Bonchev–Trinajstić information content (AvgIpc) is 2.48. The van der Waals surface area contributed by atoms with E-state index in [4.69, 9.17) is 15.6 Å². The van der Waals surface area contributed by atoms with Crippen LogP contribution in [-0.2, 0) is 9.53 Å². The Bertz CT molecular complexity index is 219. The summed E-state index contributed by atoms with van der Waals surface area (Å²) in [5.41, 5.74) is 4.84. The Morgan fingerprint density at radius 1 is 1.54 bits per heavy atom. The average molecular weight is 188 g/mol. The van der Waals surface area contributed by atoms with Crippen molar-refractivity contribution in [1.82, 2.24) is 5.32 Å². The molecule has 2 amide bonds. The number of rotatable bonds is 3. The van der Waals surface area contributed by atoms with Crippen LogP contribution in [0.2, 0.25) is 0 Å². The maximum Gasteiger partial charge on any atom is 0.332 e. The van der Waals surface area contributed by atoms with Crippen molar-refractivity contribution in [3.8, 4) is 0 Å². The van der Waals surface area contributed by atoms with Crippen LogP contribution >= 0.6 is 0 Å². The molecule has 0 aliphatic carbocycles. The summed E-state index contributed by atoms with van der Waals surface area (Å²) in [7, 11) is 0. The van der Waals surface area contributed by atoms with E-state index >= 15 is 0 Å². The third-order valence-electron chi connectivity index (χ3n) is 1.89. The second-order valence-electron chi connectivity index (χ2n) is 2.91. The molecular weight excluding hydrogens is 176 g/mol. The van der Waals surface area contributed by atoms with Gasteiger partial charge in [-0.2, -0.15) is 0 Å². The molecule has 0 aromatic heterocycles. The minimum atomic E-state index is -0.957. The summed E-state index contributed by atoms with van der Waals surface area (Å²) in [6, 6.07) is -0.623. The standard InChI is InChI=1S/C7H12N2O4/c8-7(12)9-3-4-1-2-5(13-4)6(10)11/h4-5H,1-3H2,(H,10,11)(H3,8,9,12). The van der Waals surface area contributed by atoms with E-state index < -0.39 is 18.1 Å². The van der Waals surface area contributed by atoms with Gasteiger partial charge >= 0.3 is 12.0 Å². The number of nitrogens with one attached hydrogen (secondary N) is 1. The van der Waals surface area contributed by atoms with Gasteiger partial charge in [-0.15, -0.1) is 0 Å². The van der Waals surface area contributed by atoms with Crippen LogP contribution in [0.15, 0.2) is 0 Å². The highest BCUT2D eigenvalue weighted by Gasteiger charge is 2.30. The Balaban J connectivity index is 2.25. The van der Waals surface area contributed by atoms with Crippen LogP contribution in [0.3, 0.4) is 0 Å². The summed E-state index contributed by atoms with van der Waals surface area (Å²) < 4.78 is 5.10. The molecule has 0 spiro atoms. The van der Waals surface area contributed by atoms with E-state index in [0.717, 1.165) is 0 Å². The Hall–Kier alpha value is -1.30. The molecule has 0 aromatic rings. The summed E-state index contributed by atoms with van der Waals surface area (Å²) in [6.45, 7) is 0.277. The molecule has 1 aliphatic rings. The summed E-state index contributed by atoms with van der Waals surface area (Å²) in [5, 5.41) is 10.9. The molecule has 74 valence electrons. The van der Waals surface area contributed by atoms with E-state index in [1.165, 1.54) is 0 Å². The smallest absolute Gasteiger partial charge is 0.332 e. The predicted molar refractivity (Wildman–Crippen MR) is 43.1 cm³/mol. The fraction of sp³-hybridized carbons (Fsp3) is 0.714. The summed E-state index contributed by atoms with van der Waals surface area (Å²) in [5.74, 6) is -0.957. The molecule has 1 rings (SSSR count). The van der Waals surface area contributed by atoms with Gasteiger partial charge in [0.05, 0.1) is 6.10 Å². The van der Waals surface area contributed by atoms with Crippen LogP contribution < -0.4 is 11.1 Å². The van der Waals surface area contributed by atoms with E-state index in [2.05, 4.69) is 5.32 Å². The topological polar surface area (TPSA) is 102 Å². The normalized spacial score (nSPS) is 27.1. The number of carboxylic acid groups (broad SMARTS) is 1. The van der Waals surface area contributed by atoms with Gasteiger partial charge in [-0.3, -0.25) is 0 Å². The van der Waals surface area contributed by atoms with Crippen molar-refractivity contribution >= 4 is 12.0 Å². The van der Waals surface area contributed by atoms with Gasteiger partial charge in [-0.05, 0) is 12.8 Å². The maximum absolute atomic E-state index is 10.4. The first-order chi connectivity index (χ1) is 6.09. The highest BCUT2D eigenvalue weighted by Crippen LogP contribution is 2.18. The molecule has 0 saturated carbocycles. The zero-order chi connectivity index (χ0) is 9.84. The lowest BCUT2D eigenvalue weighted by atomic mass is 10.2. The van der Waals surface area contributed by atoms with Crippen molar-refractivity contribution in [1.29, 1.82) is 0 Å². The first-order valence-corrected chi connectivity index (χ1v) is 4.01. The van der Waals surface area contributed by atoms with Gasteiger partial charge < -0.3 is 20.9 Å². The van der Waals surface area contributed by atoms with E-state index in [0.29, 0.717) is 12.8 Å². The van der Waals surface area contributed by atoms with Crippen LogP contribution in [0.1, 0.15) is 12.8 Å². The number of carboxylic acids is 1. The molecule has 6 heteroatoms. The number of ether oxygens (including phenoxy) is 1. The van der Waals surface area contributed by atoms with E-state index in [-0.39, 0.29) is 12.6 Å². The first-order valence-electron chi connectivity index (χ1n) is 4.01. The van der Waals surface area contributed by atoms with Crippen molar-refractivity contribution < 1.29 is 19.4 Å². The summed E-state index contributed by atoms with van der Waals surface area (Å²) >= 11 is 0. The zero-order valence-electron chi connectivity index (χ0n) is 7.03. The number of nitrogens with two attached hydrogens (primary N) is 1. The molecule has 0 aromatic carbocycles. The number of carbonyl (C=O) groups excluding carboxylic acids is 1. The van der Waals surface area contributed by atoms with Crippen molar-refractivity contribution in [2.24, 2.45) is 5.73 Å². The number of carbonyl (C=O) groups is 2. The van der Waals surface area contributed by atoms with Crippen LogP contribution in [0.5, 0.6) is 0 Å². The van der Waals surface area contributed by atoms with Gasteiger partial charge in [0.25, 0.3) is 0 Å². The molecule has 2 unspecified atom stereocenters. The minimum Gasteiger partial charge on any atom is -0.479 e. The van der Waals surface area contributed by atoms with E-state index in [9.17, 15) is 9.59 Å². The second kappa shape index (κ2) is 4.08. The Morgan fingerprint density at radius 2 is 2.23 bits per heavy atom. The van der Waals surface area contributed by atoms with E-state index in [1.807, 2.05) is 0 Å². The predicted octanol–water partition coefficient (Wildman–Crippen LogP) is -0.713. The van der Waals surface area contributed by atoms with Gasteiger partial charge in [-0.25, -0.2) is 9.59 Å². The molecule has 13 heavy (non-hydrogen) atoms. The largest absolute Gasteiger partial charge is 0.479 e. The number of urea groups is 1. The molecule has 2 atom stereocenters. The Kier molecular flexibility index (Phi) is 3.07. The fourth-order valence-corrected chi connectivity index (χ4v) is 1.25. The second-order valence-corrected chi connectivity index (χ2v) is 2.91. The van der Waals surface area contributed by atoms with Crippen LogP contribution in [0.4, 0.5) is 4.79 Å². The third kappa shape index (κ3) is 2.90. The first kappa shape index (κ1) is 9.79. The molecule has 1 heterocycles. The zero-order valence-corrected chi connectivity index (χ0v) is 7.03. The van der Waals surface area contributed by atoms with Crippen LogP contribution in [-0.4, -0.2) is 35.9 Å². The van der Waals surface area contributed by atoms with Crippen LogP contribution in [0.25, 0.3) is 0 Å². The lowest BCUT2D eigenvalue weighted by Crippen LogP contribution is -2.36. The van der Waals surface area contributed by atoms with Gasteiger partial charge in [0.2, 0.25) is 0 Å². The molecule has 4 N–H and O–H groups in total. The molecule has 1 saturated heterocycles. The highest BCUT2D eigenvalue weighted by atomic mass is 16.5. The van der Waals surface area contributed by atoms with Crippen molar-refractivity contribution in [3.63, 3.8) is 0 Å².